The van der Waals surface area contributed by atoms with Gasteiger partial charge in [0.1, 0.15) is 0 Å². The first kappa shape index (κ1) is 24.9. The van der Waals surface area contributed by atoms with Crippen LogP contribution in [0.1, 0.15) is 22.3 Å². The van der Waals surface area contributed by atoms with Gasteiger partial charge < -0.3 is 18.9 Å². The van der Waals surface area contributed by atoms with Crippen molar-refractivity contribution in [2.24, 2.45) is 0 Å². The summed E-state index contributed by atoms with van der Waals surface area (Å²) >= 11 is 0. The van der Waals surface area contributed by atoms with Crippen molar-refractivity contribution in [1.29, 1.82) is 0 Å². The molecule has 174 valence electrons. The van der Waals surface area contributed by atoms with Crippen LogP contribution in [0.25, 0.3) is 22.3 Å². The number of rotatable bonds is 4. The zero-order valence-corrected chi connectivity index (χ0v) is 21.9. The first-order valence-electron chi connectivity index (χ1n) is 11.2. The van der Waals surface area contributed by atoms with Gasteiger partial charge in [-0.3, -0.25) is 0 Å². The first-order chi connectivity index (χ1) is 16.7. The molecule has 0 saturated heterocycles. The molecule has 2 aliphatic rings. The van der Waals surface area contributed by atoms with E-state index in [-0.39, 0.29) is 21.7 Å². The van der Waals surface area contributed by atoms with E-state index >= 15 is 0 Å². The van der Waals surface area contributed by atoms with Crippen LogP contribution in [-0.4, -0.2) is 28.4 Å². The van der Waals surface area contributed by atoms with E-state index in [1.807, 2.05) is 12.1 Å². The van der Waals surface area contributed by atoms with Gasteiger partial charge in [-0.05, 0) is 12.8 Å². The Bertz CT molecular complexity index is 1260. The summed E-state index contributed by atoms with van der Waals surface area (Å²) in [6.45, 7) is 0. The molecule has 2 aliphatic carbocycles. The second-order valence-electron chi connectivity index (χ2n) is 8.19. The Hall–Kier alpha value is -3.21. The average molecular weight is 498 g/mol. The molecule has 0 atom stereocenters. The van der Waals surface area contributed by atoms with Gasteiger partial charge in [0, 0.05) is 23.0 Å². The molecule has 4 aromatic rings. The maximum atomic E-state index is 5.32. The van der Waals surface area contributed by atoms with Crippen LogP contribution >= 0.6 is 0 Å². The minimum Gasteiger partial charge on any atom is -0.551 e. The second kappa shape index (κ2) is 10.6. The summed E-state index contributed by atoms with van der Waals surface area (Å²) in [4.78, 5) is 0. The summed E-state index contributed by atoms with van der Waals surface area (Å²) in [5.74, 6) is 2.84. The molecule has 0 saturated carbocycles. The summed E-state index contributed by atoms with van der Waals surface area (Å²) in [6, 6.07) is 27.5. The fraction of sp³-hybridized carbons (Fsp3) is 0.200. The quantitative estimate of drug-likeness (QED) is 0.216. The van der Waals surface area contributed by atoms with Crippen molar-refractivity contribution in [3.05, 3.63) is 95.1 Å². The van der Waals surface area contributed by atoms with Crippen LogP contribution in [0, 0.1) is 12.1 Å². The van der Waals surface area contributed by atoms with E-state index in [1.54, 1.807) is 28.4 Å². The third kappa shape index (κ3) is 4.56. The standard InChI is InChI=1S/2C15H13O2.Ti/c2*1-16-14-8-11-7-10-5-3-4-6-12(10)13(11)9-15(14)17-2;/h2*3-6,9H,7H2,1-2H3;/q2*-1;+2. The first-order valence-corrected chi connectivity index (χ1v) is 11.2. The topological polar surface area (TPSA) is 36.9 Å². The molecule has 35 heavy (non-hydrogen) atoms. The van der Waals surface area contributed by atoms with Crippen LogP contribution in [0.5, 0.6) is 23.0 Å². The van der Waals surface area contributed by atoms with Gasteiger partial charge in [0.15, 0.2) is 0 Å². The number of hydrogen-bond donors (Lipinski definition) is 0. The van der Waals surface area contributed by atoms with Gasteiger partial charge >= 0.3 is 21.7 Å². The molecule has 0 unspecified atom stereocenters. The molecule has 0 aliphatic heterocycles. The van der Waals surface area contributed by atoms with Crippen LogP contribution < -0.4 is 18.9 Å². The Morgan fingerprint density at radius 2 is 0.943 bits per heavy atom. The molecule has 0 spiro atoms. The van der Waals surface area contributed by atoms with Crippen molar-refractivity contribution in [2.45, 2.75) is 12.8 Å². The number of benzene rings is 4. The second-order valence-corrected chi connectivity index (χ2v) is 8.19. The molecule has 0 aromatic heterocycles. The molecule has 4 nitrogen and oxygen atoms in total. The van der Waals surface area contributed by atoms with Gasteiger partial charge in [0.25, 0.3) is 0 Å². The fourth-order valence-corrected chi connectivity index (χ4v) is 4.72. The summed E-state index contributed by atoms with van der Waals surface area (Å²) in [6.07, 6.45) is 1.84. The smallest absolute Gasteiger partial charge is 0.551 e. The molecule has 5 heteroatoms. The van der Waals surface area contributed by atoms with Crippen LogP contribution in [0.2, 0.25) is 0 Å². The van der Waals surface area contributed by atoms with E-state index in [4.69, 9.17) is 18.9 Å². The van der Waals surface area contributed by atoms with Gasteiger partial charge in [-0.15, -0.1) is 46.5 Å². The minimum absolute atomic E-state index is 0. The zero-order valence-electron chi connectivity index (χ0n) is 20.3. The van der Waals surface area contributed by atoms with Crippen LogP contribution in [0.4, 0.5) is 0 Å². The maximum absolute atomic E-state index is 5.32. The van der Waals surface area contributed by atoms with E-state index in [1.165, 1.54) is 44.5 Å². The molecule has 0 N–H and O–H groups in total. The van der Waals surface area contributed by atoms with Gasteiger partial charge in [-0.25, -0.2) is 0 Å². The van der Waals surface area contributed by atoms with Crippen molar-refractivity contribution in [1.82, 2.24) is 0 Å². The Morgan fingerprint density at radius 1 is 0.543 bits per heavy atom. The monoisotopic (exact) mass is 498 g/mol. The summed E-state index contributed by atoms with van der Waals surface area (Å²) in [7, 11) is 6.59. The van der Waals surface area contributed by atoms with Crippen molar-refractivity contribution in [2.75, 3.05) is 28.4 Å². The van der Waals surface area contributed by atoms with Crippen LogP contribution in [-0.2, 0) is 34.6 Å². The summed E-state index contributed by atoms with van der Waals surface area (Å²) in [5.41, 5.74) is 10.0. The number of hydrogen-bond acceptors (Lipinski definition) is 4. The number of fused-ring (bicyclic) bond motifs is 6. The molecular weight excluding hydrogens is 472 g/mol. The third-order valence-electron chi connectivity index (χ3n) is 6.38. The molecule has 0 heterocycles. The van der Waals surface area contributed by atoms with E-state index < -0.39 is 0 Å². The molecular formula is C30H26O4Ti. The Balaban J connectivity index is 0.000000160. The summed E-state index contributed by atoms with van der Waals surface area (Å²) < 4.78 is 21.2. The van der Waals surface area contributed by atoms with E-state index in [9.17, 15) is 0 Å². The molecule has 4 aromatic carbocycles. The molecule has 0 bridgehead atoms. The summed E-state index contributed by atoms with van der Waals surface area (Å²) in [5, 5.41) is 0. The Morgan fingerprint density at radius 3 is 1.31 bits per heavy atom. The van der Waals surface area contributed by atoms with Crippen molar-refractivity contribution in [3.63, 3.8) is 0 Å². The predicted molar refractivity (Wildman–Crippen MR) is 133 cm³/mol. The fourth-order valence-electron chi connectivity index (χ4n) is 4.72. The molecule has 0 radical (unpaired) electrons. The SMILES string of the molecule is COc1[c-]c2c(cc1OC)-c1ccccc1C2.COc1[c-]c2c(cc1OC)-c1ccccc1C2.[Ti+2]. The van der Waals surface area contributed by atoms with Gasteiger partial charge in [0.05, 0.1) is 28.4 Å². The van der Waals surface area contributed by atoms with Crippen molar-refractivity contribution >= 4 is 0 Å². The molecule has 0 fully saturated rings. The maximum Gasteiger partial charge on any atom is 2.00 e. The van der Waals surface area contributed by atoms with Crippen LogP contribution in [0.15, 0.2) is 60.7 Å². The minimum atomic E-state index is 0. The largest absolute Gasteiger partial charge is 2.00 e. The number of ether oxygens (including phenoxy) is 4. The predicted octanol–water partition coefficient (Wildman–Crippen LogP) is 6.15. The Kier molecular flexibility index (Phi) is 7.54. The molecule has 6 rings (SSSR count). The van der Waals surface area contributed by atoms with Crippen LogP contribution in [0.3, 0.4) is 0 Å². The normalized spacial score (nSPS) is 11.5. The van der Waals surface area contributed by atoms with Crippen molar-refractivity contribution < 1.29 is 40.7 Å². The van der Waals surface area contributed by atoms with E-state index in [0.29, 0.717) is 11.5 Å². The van der Waals surface area contributed by atoms with E-state index in [2.05, 4.69) is 60.7 Å². The average Bonchev–Trinajstić information content (AvgIpc) is 3.44. The number of methoxy groups -OCH3 is 4. The zero-order chi connectivity index (χ0) is 23.7. The third-order valence-corrected chi connectivity index (χ3v) is 6.38. The van der Waals surface area contributed by atoms with Gasteiger partial charge in [0.2, 0.25) is 0 Å². The van der Waals surface area contributed by atoms with Gasteiger partial charge in [-0.1, -0.05) is 70.8 Å². The van der Waals surface area contributed by atoms with Gasteiger partial charge in [-0.2, -0.15) is 0 Å². The molecule has 0 amide bonds. The van der Waals surface area contributed by atoms with Crippen molar-refractivity contribution in [3.8, 4) is 45.3 Å². The van der Waals surface area contributed by atoms with E-state index in [0.717, 1.165) is 24.3 Å². The Labute approximate surface area is 221 Å².